The number of rotatable bonds is 5. The van der Waals surface area contributed by atoms with Gasteiger partial charge in [-0.05, 0) is 83.5 Å². The van der Waals surface area contributed by atoms with Gasteiger partial charge in [-0.15, -0.1) is 0 Å². The Morgan fingerprint density at radius 2 is 1.31 bits per heavy atom. The Bertz CT molecular complexity index is 2740. The van der Waals surface area contributed by atoms with Crippen LogP contribution in [0.4, 0.5) is 28.9 Å². The van der Waals surface area contributed by atoms with Gasteiger partial charge in [0, 0.05) is 39.5 Å². The van der Waals surface area contributed by atoms with E-state index in [9.17, 15) is 8.78 Å². The molecule has 0 saturated heterocycles. The smallest absolute Gasteiger partial charge is 0.186 e. The Morgan fingerprint density at radius 1 is 0.600 bits per heavy atom. The average molecular weight is 727 g/mol. The fourth-order valence-electron chi connectivity index (χ4n) is 7.97. The molecule has 1 aromatic heterocycles. The molecule has 0 bridgehead atoms. The van der Waals surface area contributed by atoms with Crippen molar-refractivity contribution in [3.63, 3.8) is 0 Å². The second-order valence-electron chi connectivity index (χ2n) is 13.9. The molecule has 0 spiro atoms. The maximum Gasteiger partial charge on any atom is 0.186 e. The lowest BCUT2D eigenvalue weighted by atomic mass is 9.90. The first-order valence-electron chi connectivity index (χ1n) is 18.2. The van der Waals surface area contributed by atoms with Crippen molar-refractivity contribution in [3.05, 3.63) is 198 Å². The molecule has 0 unspecified atom stereocenters. The molecular formula is C49H34F4N2. The molecule has 0 N–H and O–H groups in total. The fraction of sp³-hybridized carbons (Fsp3) is 0.0612. The number of allylic oxidation sites excluding steroid dienone is 5. The van der Waals surface area contributed by atoms with E-state index >= 15 is 8.78 Å². The lowest BCUT2D eigenvalue weighted by Gasteiger charge is -2.29. The second-order valence-corrected chi connectivity index (χ2v) is 13.9. The highest BCUT2D eigenvalue weighted by molar-refractivity contribution is 6.00. The van der Waals surface area contributed by atoms with E-state index in [1.807, 2.05) is 91.0 Å². The van der Waals surface area contributed by atoms with Crippen molar-refractivity contribution in [2.45, 2.75) is 19.8 Å². The molecule has 1 aliphatic heterocycles. The minimum atomic E-state index is -1.42. The Balaban J connectivity index is 1.26. The zero-order chi connectivity index (χ0) is 37.8. The summed E-state index contributed by atoms with van der Waals surface area (Å²) in [6.45, 7) is 5.55. The number of hydrogen-bond donors (Lipinski definition) is 0. The van der Waals surface area contributed by atoms with Crippen LogP contribution in [-0.4, -0.2) is 4.57 Å². The summed E-state index contributed by atoms with van der Waals surface area (Å²) in [5.41, 5.74) is 10.1. The van der Waals surface area contributed by atoms with E-state index < -0.39 is 34.5 Å². The van der Waals surface area contributed by atoms with Crippen molar-refractivity contribution in [1.29, 1.82) is 0 Å². The molecule has 1 aliphatic carbocycles. The summed E-state index contributed by atoms with van der Waals surface area (Å²) < 4.78 is 62.5. The van der Waals surface area contributed by atoms with E-state index in [0.29, 0.717) is 29.4 Å². The third kappa shape index (κ3) is 5.64. The van der Waals surface area contributed by atoms with Crippen molar-refractivity contribution in [1.82, 2.24) is 4.57 Å². The number of nitrogens with zero attached hydrogens (tertiary/aromatic N) is 2. The molecule has 0 atom stereocenters. The van der Waals surface area contributed by atoms with Gasteiger partial charge in [0.2, 0.25) is 0 Å². The first kappa shape index (κ1) is 34.1. The van der Waals surface area contributed by atoms with Crippen LogP contribution in [0.3, 0.4) is 0 Å². The van der Waals surface area contributed by atoms with Crippen molar-refractivity contribution in [3.8, 4) is 39.1 Å². The van der Waals surface area contributed by atoms with E-state index in [-0.39, 0.29) is 0 Å². The molecule has 2 aliphatic rings. The summed E-state index contributed by atoms with van der Waals surface area (Å²) in [6, 6.07) is 38.9. The van der Waals surface area contributed by atoms with E-state index in [4.69, 9.17) is 0 Å². The highest BCUT2D eigenvalue weighted by Crippen LogP contribution is 2.46. The summed E-state index contributed by atoms with van der Waals surface area (Å²) in [6.07, 6.45) is 13.0. The largest absolute Gasteiger partial charge is 0.316 e. The normalized spacial score (nSPS) is 14.7. The molecule has 9 rings (SSSR count). The highest BCUT2D eigenvalue weighted by atomic mass is 19.2. The van der Waals surface area contributed by atoms with Crippen LogP contribution in [0.5, 0.6) is 0 Å². The highest BCUT2D eigenvalue weighted by Gasteiger charge is 2.29. The van der Waals surface area contributed by atoms with Gasteiger partial charge in [0.05, 0.1) is 16.9 Å². The molecular weight excluding hydrogens is 693 g/mol. The summed E-state index contributed by atoms with van der Waals surface area (Å²) >= 11 is 0. The lowest BCUT2D eigenvalue weighted by molar-refractivity contribution is 0.439. The molecule has 0 saturated carbocycles. The molecule has 0 radical (unpaired) electrons. The van der Waals surface area contributed by atoms with Crippen LogP contribution in [0.1, 0.15) is 28.8 Å². The summed E-state index contributed by atoms with van der Waals surface area (Å²) in [5.74, 6) is -5.63. The van der Waals surface area contributed by atoms with Crippen LogP contribution in [-0.2, 0) is 6.42 Å². The number of anilines is 2. The van der Waals surface area contributed by atoms with Crippen LogP contribution in [0.2, 0.25) is 0 Å². The quantitative estimate of drug-likeness (QED) is 0.127. The van der Waals surface area contributed by atoms with Gasteiger partial charge in [-0.25, -0.2) is 17.6 Å². The van der Waals surface area contributed by atoms with Gasteiger partial charge in [-0.2, -0.15) is 0 Å². The van der Waals surface area contributed by atoms with Crippen LogP contribution in [0, 0.1) is 30.2 Å². The van der Waals surface area contributed by atoms with E-state index in [0.717, 1.165) is 68.4 Å². The molecule has 2 nitrogen and oxygen atoms in total. The number of benzene rings is 6. The van der Waals surface area contributed by atoms with Gasteiger partial charge in [0.25, 0.3) is 0 Å². The van der Waals surface area contributed by atoms with Crippen LogP contribution in [0.15, 0.2) is 152 Å². The standard InChI is InChI=1S/C49H34F4N2/c1-30-14-11-12-27-54(43-29-34(32-15-5-3-6-16-32)23-25-36(43)33-17-7-4-8-18-33)42-22-13-20-37(44(30)42)35-24-26-41-39(28-35)38-19-9-10-21-40(38)55(41)49-47(52)45(50)31(2)46(51)48(49)53/h3-9,11-20,22-29H,1,10,21H2,2H3/b14-11-,27-12-. The molecule has 0 amide bonds. The lowest BCUT2D eigenvalue weighted by Crippen LogP contribution is -2.13. The number of fused-ring (bicyclic) bond motifs is 4. The van der Waals surface area contributed by atoms with Crippen molar-refractivity contribution in [2.75, 3.05) is 4.90 Å². The molecule has 6 heteroatoms. The predicted octanol–water partition coefficient (Wildman–Crippen LogP) is 13.7. The SMILES string of the molecule is C=C1/C=C\C=C/N(c2cc(-c3ccccc3)ccc2-c2ccccc2)c2cccc(-c3ccc4c(c3)c3c(n4-c4c(F)c(F)c(C)c(F)c4F)CCC=C3)c21. The van der Waals surface area contributed by atoms with Gasteiger partial charge in [0.1, 0.15) is 5.69 Å². The van der Waals surface area contributed by atoms with E-state index in [2.05, 4.69) is 66.2 Å². The Morgan fingerprint density at radius 3 is 2.05 bits per heavy atom. The third-order valence-electron chi connectivity index (χ3n) is 10.7. The van der Waals surface area contributed by atoms with E-state index in [1.54, 1.807) is 6.07 Å². The number of hydrogen-bond acceptors (Lipinski definition) is 1. The first-order chi connectivity index (χ1) is 26.8. The van der Waals surface area contributed by atoms with E-state index in [1.165, 1.54) is 4.57 Å². The van der Waals surface area contributed by atoms with Crippen LogP contribution >= 0.6 is 0 Å². The summed E-state index contributed by atoms with van der Waals surface area (Å²) in [5, 5.41) is 0.715. The summed E-state index contributed by atoms with van der Waals surface area (Å²) in [4.78, 5) is 2.20. The molecule has 6 aromatic carbocycles. The fourth-order valence-corrected chi connectivity index (χ4v) is 7.97. The van der Waals surface area contributed by atoms with Crippen molar-refractivity contribution in [2.24, 2.45) is 0 Å². The maximum atomic E-state index is 15.6. The molecule has 268 valence electrons. The molecule has 0 fully saturated rings. The van der Waals surface area contributed by atoms with Gasteiger partial charge in [0.15, 0.2) is 23.3 Å². The number of aromatic nitrogens is 1. The van der Waals surface area contributed by atoms with Crippen molar-refractivity contribution >= 4 is 33.9 Å². The zero-order valence-corrected chi connectivity index (χ0v) is 30.0. The monoisotopic (exact) mass is 726 g/mol. The number of halogens is 4. The van der Waals surface area contributed by atoms with Gasteiger partial charge in [-0.1, -0.05) is 122 Å². The molecule has 7 aromatic rings. The second kappa shape index (κ2) is 13.6. The predicted molar refractivity (Wildman–Crippen MR) is 217 cm³/mol. The molecule has 55 heavy (non-hydrogen) atoms. The minimum absolute atomic E-state index is 0.446. The Hall–Kier alpha value is -6.66. The van der Waals surface area contributed by atoms with Crippen LogP contribution in [0.25, 0.3) is 61.6 Å². The van der Waals surface area contributed by atoms with Gasteiger partial charge < -0.3 is 9.47 Å². The minimum Gasteiger partial charge on any atom is -0.316 e. The van der Waals surface area contributed by atoms with Gasteiger partial charge in [-0.3, -0.25) is 0 Å². The average Bonchev–Trinajstić information content (AvgIpc) is 3.55. The topological polar surface area (TPSA) is 8.17 Å². The molecule has 2 heterocycles. The third-order valence-corrected chi connectivity index (χ3v) is 10.7. The summed E-state index contributed by atoms with van der Waals surface area (Å²) in [7, 11) is 0. The maximum absolute atomic E-state index is 15.6. The first-order valence-corrected chi connectivity index (χ1v) is 18.2. The van der Waals surface area contributed by atoms with Crippen LogP contribution < -0.4 is 4.90 Å². The van der Waals surface area contributed by atoms with Crippen molar-refractivity contribution < 1.29 is 17.6 Å². The Labute approximate surface area is 316 Å². The Kier molecular flexibility index (Phi) is 8.46. The van der Waals surface area contributed by atoms with Gasteiger partial charge >= 0.3 is 0 Å². The zero-order valence-electron chi connectivity index (χ0n) is 30.0.